The average molecular weight is 408 g/mol. The predicted octanol–water partition coefficient (Wildman–Crippen LogP) is 2.46. The Labute approximate surface area is 165 Å². The van der Waals surface area contributed by atoms with Gasteiger partial charge in [0.25, 0.3) is 6.43 Å². The van der Waals surface area contributed by atoms with Crippen LogP contribution in [0.25, 0.3) is 0 Å². The zero-order valence-corrected chi connectivity index (χ0v) is 15.4. The summed E-state index contributed by atoms with van der Waals surface area (Å²) in [6, 6.07) is 4.29. The average Bonchev–Trinajstić information content (AvgIpc) is 3.07. The summed E-state index contributed by atoms with van der Waals surface area (Å²) in [5, 5.41) is 5.83. The summed E-state index contributed by atoms with van der Waals surface area (Å²) in [4.78, 5) is 25.9. The van der Waals surface area contributed by atoms with Crippen LogP contribution >= 0.6 is 0 Å². The number of benzene rings is 1. The van der Waals surface area contributed by atoms with Crippen LogP contribution in [0.2, 0.25) is 0 Å². The fraction of sp³-hybridized carbons (Fsp3) is 0.421. The van der Waals surface area contributed by atoms with Crippen molar-refractivity contribution in [2.24, 2.45) is 5.10 Å². The van der Waals surface area contributed by atoms with Crippen molar-refractivity contribution >= 4 is 29.6 Å². The third kappa shape index (κ3) is 4.80. The van der Waals surface area contributed by atoms with Crippen LogP contribution < -0.4 is 9.80 Å². The van der Waals surface area contributed by atoms with Gasteiger partial charge in [0, 0.05) is 13.0 Å². The smallest absolute Gasteiger partial charge is 0.414 e. The van der Waals surface area contributed by atoms with Crippen molar-refractivity contribution in [2.45, 2.75) is 25.4 Å². The van der Waals surface area contributed by atoms with Gasteiger partial charge in [0.15, 0.2) is 5.78 Å². The molecule has 2 aliphatic rings. The highest BCUT2D eigenvalue weighted by molar-refractivity contribution is 5.90. The molecule has 1 aromatic rings. The molecule has 7 nitrogen and oxygen atoms in total. The first-order chi connectivity index (χ1) is 13.9. The number of cyclic esters (lactones) is 1. The van der Waals surface area contributed by atoms with E-state index in [1.165, 1.54) is 23.4 Å². The molecule has 0 aromatic heterocycles. The van der Waals surface area contributed by atoms with Crippen molar-refractivity contribution in [3.63, 3.8) is 0 Å². The summed E-state index contributed by atoms with van der Waals surface area (Å²) in [5.74, 6) is 0.737. The second-order valence-corrected chi connectivity index (χ2v) is 6.57. The molecule has 1 fully saturated rings. The normalized spacial score (nSPS) is 18.9. The highest BCUT2D eigenvalue weighted by Crippen LogP contribution is 2.29. The third-order valence-electron chi connectivity index (χ3n) is 4.61. The second kappa shape index (κ2) is 8.86. The number of hydrogen-bond donors (Lipinski definition) is 0. The maximum absolute atomic E-state index is 14.6. The van der Waals surface area contributed by atoms with Gasteiger partial charge in [-0.1, -0.05) is 5.92 Å². The standard InChI is InChI=1S/C19H19F3N4O3/c1-2-7-25-9-8-24(12-23-25)16-5-3-13(10-15(16)20)26-11-14(29-19(26)28)4-6-17(27)18(21)22/h1,3,5,10,12,14,18H,4,6-9,11H2/t14-/m0/s1. The van der Waals surface area contributed by atoms with Gasteiger partial charge in [-0.2, -0.15) is 5.10 Å². The van der Waals surface area contributed by atoms with Crippen LogP contribution in [-0.4, -0.2) is 61.9 Å². The first kappa shape index (κ1) is 20.5. The van der Waals surface area contributed by atoms with E-state index in [1.54, 1.807) is 16.0 Å². The molecule has 2 heterocycles. The van der Waals surface area contributed by atoms with Crippen molar-refractivity contribution in [3.05, 3.63) is 24.0 Å². The number of ether oxygens (including phenoxy) is 1. The van der Waals surface area contributed by atoms with Crippen LogP contribution in [0.1, 0.15) is 12.8 Å². The van der Waals surface area contributed by atoms with E-state index in [0.29, 0.717) is 25.3 Å². The number of ketones is 1. The quantitative estimate of drug-likeness (QED) is 0.649. The number of alkyl halides is 2. The Morgan fingerprint density at radius 1 is 1.38 bits per heavy atom. The van der Waals surface area contributed by atoms with Gasteiger partial charge < -0.3 is 9.64 Å². The van der Waals surface area contributed by atoms with Crippen molar-refractivity contribution in [1.29, 1.82) is 0 Å². The van der Waals surface area contributed by atoms with E-state index < -0.39 is 30.2 Å². The summed E-state index contributed by atoms with van der Waals surface area (Å²) in [7, 11) is 0. The van der Waals surface area contributed by atoms with Gasteiger partial charge in [-0.3, -0.25) is 14.7 Å². The number of halogens is 3. The minimum atomic E-state index is -3.04. The van der Waals surface area contributed by atoms with Crippen LogP contribution in [0.3, 0.4) is 0 Å². The SMILES string of the molecule is C#CCN1CCN(c2ccc(N3C[C@H](CCC(=O)C(F)F)OC3=O)cc2F)C=N1. The molecular formula is C19H19F3N4O3. The number of anilines is 2. The number of rotatable bonds is 7. The first-order valence-electron chi connectivity index (χ1n) is 8.96. The lowest BCUT2D eigenvalue weighted by molar-refractivity contribution is -0.129. The number of hydrazone groups is 1. The van der Waals surface area contributed by atoms with Gasteiger partial charge in [0.05, 0.1) is 31.0 Å². The molecule has 0 unspecified atom stereocenters. The summed E-state index contributed by atoms with van der Waals surface area (Å²) < 4.78 is 44.3. The molecule has 154 valence electrons. The van der Waals surface area contributed by atoms with Crippen molar-refractivity contribution < 1.29 is 27.5 Å². The minimum Gasteiger partial charge on any atom is -0.444 e. The van der Waals surface area contributed by atoms with E-state index in [2.05, 4.69) is 11.0 Å². The van der Waals surface area contributed by atoms with Gasteiger partial charge in [-0.15, -0.1) is 6.42 Å². The monoisotopic (exact) mass is 408 g/mol. The third-order valence-corrected chi connectivity index (χ3v) is 4.61. The molecule has 0 spiro atoms. The van der Waals surface area contributed by atoms with Crippen LogP contribution in [0, 0.1) is 18.2 Å². The zero-order chi connectivity index (χ0) is 21.0. The molecule has 2 aliphatic heterocycles. The van der Waals surface area contributed by atoms with E-state index in [4.69, 9.17) is 11.2 Å². The molecule has 1 atom stereocenters. The Morgan fingerprint density at radius 3 is 2.79 bits per heavy atom. The lowest BCUT2D eigenvalue weighted by Gasteiger charge is -2.29. The summed E-state index contributed by atoms with van der Waals surface area (Å²) in [5.41, 5.74) is 0.575. The van der Waals surface area contributed by atoms with Crippen LogP contribution in [0.5, 0.6) is 0 Å². The molecule has 1 amide bonds. The van der Waals surface area contributed by atoms with E-state index in [9.17, 15) is 22.8 Å². The molecule has 0 radical (unpaired) electrons. The lowest BCUT2D eigenvalue weighted by Crippen LogP contribution is -2.38. The largest absolute Gasteiger partial charge is 0.444 e. The number of carbonyl (C=O) groups is 2. The number of hydrogen-bond acceptors (Lipinski definition) is 6. The van der Waals surface area contributed by atoms with E-state index in [-0.39, 0.29) is 25.1 Å². The van der Waals surface area contributed by atoms with Crippen molar-refractivity contribution in [2.75, 3.05) is 36.0 Å². The minimum absolute atomic E-state index is 0.00955. The fourth-order valence-electron chi connectivity index (χ4n) is 3.07. The summed E-state index contributed by atoms with van der Waals surface area (Å²) >= 11 is 0. The van der Waals surface area contributed by atoms with Gasteiger partial charge >= 0.3 is 6.09 Å². The molecule has 0 N–H and O–H groups in total. The molecule has 29 heavy (non-hydrogen) atoms. The van der Waals surface area contributed by atoms with Crippen LogP contribution in [-0.2, 0) is 9.53 Å². The first-order valence-corrected chi connectivity index (χ1v) is 8.96. The maximum Gasteiger partial charge on any atom is 0.414 e. The Hall–Kier alpha value is -3.22. The highest BCUT2D eigenvalue weighted by atomic mass is 19.3. The number of Topliss-reactive ketones (excluding diaryl/α,β-unsaturated/α-hetero) is 1. The number of amides is 1. The van der Waals surface area contributed by atoms with Gasteiger partial charge in [-0.25, -0.2) is 18.0 Å². The molecule has 0 aliphatic carbocycles. The molecule has 0 bridgehead atoms. The Kier molecular flexibility index (Phi) is 6.26. The van der Waals surface area contributed by atoms with Crippen LogP contribution in [0.4, 0.5) is 29.3 Å². The second-order valence-electron chi connectivity index (χ2n) is 6.57. The van der Waals surface area contributed by atoms with Crippen molar-refractivity contribution in [1.82, 2.24) is 5.01 Å². The Balaban J connectivity index is 1.64. The summed E-state index contributed by atoms with van der Waals surface area (Å²) in [6.07, 6.45) is 1.87. The number of nitrogens with zero attached hydrogens (tertiary/aromatic N) is 4. The molecule has 1 saturated heterocycles. The predicted molar refractivity (Wildman–Crippen MR) is 101 cm³/mol. The van der Waals surface area contributed by atoms with Gasteiger partial charge in [-0.05, 0) is 24.6 Å². The molecule has 10 heteroatoms. The summed E-state index contributed by atoms with van der Waals surface area (Å²) in [6.45, 7) is 1.46. The molecule has 1 aromatic carbocycles. The van der Waals surface area contributed by atoms with Gasteiger partial charge in [0.1, 0.15) is 18.3 Å². The number of terminal acetylenes is 1. The fourth-order valence-corrected chi connectivity index (χ4v) is 3.07. The Morgan fingerprint density at radius 2 is 2.17 bits per heavy atom. The topological polar surface area (TPSA) is 65.4 Å². The van der Waals surface area contributed by atoms with E-state index >= 15 is 0 Å². The molecule has 0 saturated carbocycles. The van der Waals surface area contributed by atoms with E-state index in [0.717, 1.165) is 0 Å². The molecule has 3 rings (SSSR count). The Bertz CT molecular complexity index is 856. The molecular weight excluding hydrogens is 389 g/mol. The van der Waals surface area contributed by atoms with Crippen LogP contribution in [0.15, 0.2) is 23.3 Å². The zero-order valence-electron chi connectivity index (χ0n) is 15.4. The number of carbonyl (C=O) groups excluding carboxylic acids is 2. The van der Waals surface area contributed by atoms with Gasteiger partial charge in [0.2, 0.25) is 0 Å². The van der Waals surface area contributed by atoms with Crippen molar-refractivity contribution in [3.8, 4) is 12.3 Å². The lowest BCUT2D eigenvalue weighted by atomic mass is 10.1. The van der Waals surface area contributed by atoms with E-state index in [1.807, 2.05) is 0 Å². The maximum atomic E-state index is 14.6. The highest BCUT2D eigenvalue weighted by Gasteiger charge is 2.33.